The average Bonchev–Trinajstić information content (AvgIpc) is 3.41. The molecule has 0 aliphatic carbocycles. The van der Waals surface area contributed by atoms with Gasteiger partial charge in [0.05, 0.1) is 23.1 Å². The first kappa shape index (κ1) is 22.1. The van der Waals surface area contributed by atoms with Gasteiger partial charge in [-0.3, -0.25) is 14.3 Å². The number of rotatable bonds is 3. The summed E-state index contributed by atoms with van der Waals surface area (Å²) in [6.07, 6.45) is -1.31. The summed E-state index contributed by atoms with van der Waals surface area (Å²) in [5, 5.41) is 5.06. The Morgan fingerprint density at radius 3 is 2.62 bits per heavy atom. The van der Waals surface area contributed by atoms with Crippen molar-refractivity contribution in [2.24, 2.45) is 13.0 Å². The van der Waals surface area contributed by atoms with E-state index in [9.17, 15) is 22.8 Å². The molecule has 34 heavy (non-hydrogen) atoms. The van der Waals surface area contributed by atoms with E-state index in [1.54, 1.807) is 22.8 Å². The number of amides is 2. The second-order valence-corrected chi connectivity index (χ2v) is 8.47. The van der Waals surface area contributed by atoms with Crippen LogP contribution in [0, 0.1) is 5.92 Å². The number of halogens is 3. The number of nitrogens with zero attached hydrogens (tertiary/aromatic N) is 7. The number of alkyl halides is 3. The molecule has 4 heterocycles. The minimum atomic E-state index is -4.50. The van der Waals surface area contributed by atoms with Gasteiger partial charge >= 0.3 is 6.18 Å². The van der Waals surface area contributed by atoms with E-state index in [2.05, 4.69) is 20.0 Å². The molecule has 178 valence electrons. The summed E-state index contributed by atoms with van der Waals surface area (Å²) in [5.74, 6) is -0.331. The van der Waals surface area contributed by atoms with Crippen molar-refractivity contribution in [1.29, 1.82) is 0 Å². The lowest BCUT2D eigenvalue weighted by Crippen LogP contribution is -2.51. The van der Waals surface area contributed by atoms with Gasteiger partial charge in [-0.2, -0.15) is 18.3 Å². The van der Waals surface area contributed by atoms with Gasteiger partial charge in [-0.25, -0.2) is 9.97 Å². The van der Waals surface area contributed by atoms with E-state index in [0.29, 0.717) is 26.2 Å². The molecule has 2 aliphatic rings. The van der Waals surface area contributed by atoms with E-state index in [1.807, 2.05) is 0 Å². The highest BCUT2D eigenvalue weighted by molar-refractivity contribution is 6.00. The molecule has 2 fully saturated rings. The molecular weight excluding hydrogens is 451 g/mol. The molecule has 2 amide bonds. The second-order valence-electron chi connectivity index (χ2n) is 8.47. The molecule has 1 unspecified atom stereocenters. The van der Waals surface area contributed by atoms with Crippen LogP contribution in [-0.2, 0) is 22.8 Å². The lowest BCUT2D eigenvalue weighted by Gasteiger charge is -2.36. The molecular formula is C22H22F3N7O2. The van der Waals surface area contributed by atoms with Crippen molar-refractivity contribution in [3.05, 3.63) is 42.4 Å². The van der Waals surface area contributed by atoms with E-state index >= 15 is 0 Å². The Morgan fingerprint density at radius 1 is 1.12 bits per heavy atom. The molecule has 2 saturated heterocycles. The van der Waals surface area contributed by atoms with Crippen LogP contribution in [0.4, 0.5) is 24.7 Å². The predicted molar refractivity (Wildman–Crippen MR) is 117 cm³/mol. The number of hydrogen-bond donors (Lipinski definition) is 0. The number of anilines is 2. The first-order valence-electron chi connectivity index (χ1n) is 10.9. The maximum absolute atomic E-state index is 13.1. The van der Waals surface area contributed by atoms with Gasteiger partial charge in [0.1, 0.15) is 12.1 Å². The van der Waals surface area contributed by atoms with E-state index < -0.39 is 17.7 Å². The van der Waals surface area contributed by atoms with Gasteiger partial charge in [0, 0.05) is 51.9 Å². The van der Waals surface area contributed by atoms with Gasteiger partial charge in [0.2, 0.25) is 11.8 Å². The van der Waals surface area contributed by atoms with Crippen molar-refractivity contribution < 1.29 is 22.8 Å². The lowest BCUT2D eigenvalue weighted by molar-refractivity contribution is -0.137. The summed E-state index contributed by atoms with van der Waals surface area (Å²) in [4.78, 5) is 39.4. The minimum absolute atomic E-state index is 0.0164. The molecule has 1 atom stereocenters. The Labute approximate surface area is 192 Å². The number of carbonyl (C=O) groups is 2. The number of aryl methyl sites for hydroxylation is 1. The zero-order chi connectivity index (χ0) is 24.0. The number of hydrogen-bond acceptors (Lipinski definition) is 6. The van der Waals surface area contributed by atoms with Crippen LogP contribution in [0.3, 0.4) is 0 Å². The zero-order valence-electron chi connectivity index (χ0n) is 18.4. The maximum Gasteiger partial charge on any atom is 0.416 e. The van der Waals surface area contributed by atoms with Crippen molar-refractivity contribution in [2.75, 3.05) is 42.5 Å². The summed E-state index contributed by atoms with van der Waals surface area (Å²) >= 11 is 0. The third-order valence-electron chi connectivity index (χ3n) is 6.36. The fourth-order valence-corrected chi connectivity index (χ4v) is 4.57. The molecule has 0 bridgehead atoms. The Kier molecular flexibility index (Phi) is 5.37. The van der Waals surface area contributed by atoms with Gasteiger partial charge in [-0.1, -0.05) is 6.07 Å². The fraction of sp³-hybridized carbons (Fsp3) is 0.409. The number of piperazine rings is 1. The van der Waals surface area contributed by atoms with Gasteiger partial charge in [0.15, 0.2) is 5.65 Å². The topological polar surface area (TPSA) is 87.5 Å². The molecule has 2 aromatic heterocycles. The summed E-state index contributed by atoms with van der Waals surface area (Å²) in [6, 6.07) is 4.64. The molecule has 3 aromatic rings. The van der Waals surface area contributed by atoms with E-state index in [4.69, 9.17) is 0 Å². The van der Waals surface area contributed by atoms with Crippen molar-refractivity contribution in [3.63, 3.8) is 0 Å². The molecule has 0 spiro atoms. The molecule has 5 rings (SSSR count). The number of carbonyl (C=O) groups excluding carboxylic acids is 2. The average molecular weight is 473 g/mol. The molecule has 9 nitrogen and oxygen atoms in total. The zero-order valence-corrected chi connectivity index (χ0v) is 18.4. The van der Waals surface area contributed by atoms with Crippen molar-refractivity contribution in [2.45, 2.75) is 12.6 Å². The van der Waals surface area contributed by atoms with Crippen LogP contribution in [0.15, 0.2) is 36.8 Å². The third-order valence-corrected chi connectivity index (χ3v) is 6.36. The first-order chi connectivity index (χ1) is 16.2. The quantitative estimate of drug-likeness (QED) is 0.579. The summed E-state index contributed by atoms with van der Waals surface area (Å²) in [5.41, 5.74) is 0.0583. The maximum atomic E-state index is 13.1. The lowest BCUT2D eigenvalue weighted by atomic mass is 10.1. The first-order valence-corrected chi connectivity index (χ1v) is 10.9. The second kappa shape index (κ2) is 8.26. The van der Waals surface area contributed by atoms with Crippen LogP contribution < -0.4 is 9.80 Å². The van der Waals surface area contributed by atoms with Crippen LogP contribution >= 0.6 is 0 Å². The Hall–Kier alpha value is -3.70. The van der Waals surface area contributed by atoms with Crippen molar-refractivity contribution in [1.82, 2.24) is 24.6 Å². The third kappa shape index (κ3) is 3.93. The monoisotopic (exact) mass is 473 g/mol. The SMILES string of the molecule is Cn1ncc2c(N3CCN(C(=O)C4CC(=O)N(c5cccc(C(F)(F)F)c5)C4)CC3)ncnc21. The fourth-order valence-electron chi connectivity index (χ4n) is 4.57. The minimum Gasteiger partial charge on any atom is -0.352 e. The normalized spacial score (nSPS) is 19.4. The highest BCUT2D eigenvalue weighted by Gasteiger charge is 2.39. The standard InChI is InChI=1S/C22H22F3N7O2/c1-29-19-17(11-28-29)20(27-13-26-19)30-5-7-31(8-6-30)21(34)14-9-18(33)32(12-14)16-4-2-3-15(10-16)22(23,24)25/h2-4,10-11,13-14H,5-9,12H2,1H3. The summed E-state index contributed by atoms with van der Waals surface area (Å²) < 4.78 is 40.9. The van der Waals surface area contributed by atoms with Crippen molar-refractivity contribution >= 4 is 34.4 Å². The van der Waals surface area contributed by atoms with Gasteiger partial charge in [0.25, 0.3) is 0 Å². The smallest absolute Gasteiger partial charge is 0.352 e. The Balaban J connectivity index is 1.24. The van der Waals surface area contributed by atoms with Crippen LogP contribution in [-0.4, -0.2) is 69.2 Å². The van der Waals surface area contributed by atoms with E-state index in [-0.39, 0.29) is 30.5 Å². The van der Waals surface area contributed by atoms with Gasteiger partial charge in [-0.15, -0.1) is 0 Å². The van der Waals surface area contributed by atoms with Gasteiger partial charge < -0.3 is 14.7 Å². The summed E-state index contributed by atoms with van der Waals surface area (Å²) in [6.45, 7) is 2.11. The Morgan fingerprint density at radius 2 is 1.88 bits per heavy atom. The number of aromatic nitrogens is 4. The molecule has 0 radical (unpaired) electrons. The van der Waals surface area contributed by atoms with Crippen LogP contribution in [0.25, 0.3) is 11.0 Å². The van der Waals surface area contributed by atoms with E-state index in [0.717, 1.165) is 29.0 Å². The molecule has 0 saturated carbocycles. The molecule has 12 heteroatoms. The van der Waals surface area contributed by atoms with Crippen LogP contribution in [0.2, 0.25) is 0 Å². The molecule has 1 aromatic carbocycles. The van der Waals surface area contributed by atoms with E-state index in [1.165, 1.54) is 23.4 Å². The number of fused-ring (bicyclic) bond motifs is 1. The highest BCUT2D eigenvalue weighted by Crippen LogP contribution is 2.34. The summed E-state index contributed by atoms with van der Waals surface area (Å²) in [7, 11) is 1.81. The van der Waals surface area contributed by atoms with Crippen LogP contribution in [0.5, 0.6) is 0 Å². The van der Waals surface area contributed by atoms with Crippen molar-refractivity contribution in [3.8, 4) is 0 Å². The largest absolute Gasteiger partial charge is 0.416 e. The molecule has 2 aliphatic heterocycles. The number of benzene rings is 1. The van der Waals surface area contributed by atoms with Gasteiger partial charge in [-0.05, 0) is 18.2 Å². The predicted octanol–water partition coefficient (Wildman–Crippen LogP) is 2.08. The highest BCUT2D eigenvalue weighted by atomic mass is 19.4. The van der Waals surface area contributed by atoms with Crippen LogP contribution in [0.1, 0.15) is 12.0 Å². The molecule has 0 N–H and O–H groups in total. The Bertz CT molecular complexity index is 1250.